The van der Waals surface area contributed by atoms with Crippen molar-refractivity contribution in [1.82, 2.24) is 15.1 Å². The van der Waals surface area contributed by atoms with E-state index in [1.54, 1.807) is 30.6 Å². The van der Waals surface area contributed by atoms with Crippen molar-refractivity contribution in [3.05, 3.63) is 48.0 Å². The zero-order valence-electron chi connectivity index (χ0n) is 12.8. The number of amides is 1. The predicted octanol–water partition coefficient (Wildman–Crippen LogP) is 2.29. The summed E-state index contributed by atoms with van der Waals surface area (Å²) in [6, 6.07) is 6.02. The van der Waals surface area contributed by atoms with Gasteiger partial charge >= 0.3 is 0 Å². The number of nitrogens with one attached hydrogen (secondary N) is 1. The van der Waals surface area contributed by atoms with E-state index in [1.165, 1.54) is 10.7 Å². The zero-order chi connectivity index (χ0) is 16.2. The van der Waals surface area contributed by atoms with Crippen molar-refractivity contribution < 1.29 is 14.3 Å². The summed E-state index contributed by atoms with van der Waals surface area (Å²) in [6.07, 6.45) is 7.09. The van der Waals surface area contributed by atoms with Gasteiger partial charge in [-0.1, -0.05) is 12.8 Å². The van der Waals surface area contributed by atoms with Crippen LogP contribution in [0.5, 0.6) is 0 Å². The lowest BCUT2D eigenvalue weighted by Gasteiger charge is -2.30. The third kappa shape index (κ3) is 3.42. The smallest absolute Gasteiger partial charge is 0.251 e. The lowest BCUT2D eigenvalue weighted by molar-refractivity contribution is 0.0872. The molecule has 3 rings (SSSR count). The number of benzene rings is 1. The number of aliphatic hydroxyl groups excluding tert-OH is 1. The van der Waals surface area contributed by atoms with Gasteiger partial charge in [0, 0.05) is 36.5 Å². The summed E-state index contributed by atoms with van der Waals surface area (Å²) in [7, 11) is 0. The molecule has 2 aromatic rings. The van der Waals surface area contributed by atoms with E-state index in [2.05, 4.69) is 10.4 Å². The molecular weight excluding hydrogens is 297 g/mol. The maximum Gasteiger partial charge on any atom is 0.251 e. The Morgan fingerprint density at radius 3 is 2.91 bits per heavy atom. The number of aromatic nitrogens is 2. The van der Waals surface area contributed by atoms with Gasteiger partial charge in [-0.3, -0.25) is 4.79 Å². The number of carbonyl (C=O) groups excluding carboxylic acids is 1. The van der Waals surface area contributed by atoms with Crippen molar-refractivity contribution in [2.45, 2.75) is 31.7 Å². The number of hydrogen-bond acceptors (Lipinski definition) is 3. The van der Waals surface area contributed by atoms with Crippen molar-refractivity contribution >= 4 is 5.91 Å². The predicted molar refractivity (Wildman–Crippen MR) is 83.8 cm³/mol. The molecule has 1 amide bonds. The van der Waals surface area contributed by atoms with Crippen molar-refractivity contribution in [1.29, 1.82) is 0 Å². The van der Waals surface area contributed by atoms with Crippen LogP contribution in [0, 0.1) is 11.7 Å². The summed E-state index contributed by atoms with van der Waals surface area (Å²) in [4.78, 5) is 12.3. The molecule has 0 bridgehead atoms. The van der Waals surface area contributed by atoms with Crippen LogP contribution in [0.25, 0.3) is 5.69 Å². The first-order chi connectivity index (χ1) is 11.2. The van der Waals surface area contributed by atoms with Gasteiger partial charge in [-0.2, -0.15) is 5.10 Å². The summed E-state index contributed by atoms with van der Waals surface area (Å²) < 4.78 is 15.6. The quantitative estimate of drug-likeness (QED) is 0.909. The van der Waals surface area contributed by atoms with Crippen molar-refractivity contribution in [2.24, 2.45) is 5.92 Å². The second kappa shape index (κ2) is 6.91. The molecule has 6 heteroatoms. The molecule has 0 radical (unpaired) electrons. The van der Waals surface area contributed by atoms with Crippen LogP contribution in [-0.2, 0) is 0 Å². The van der Waals surface area contributed by atoms with Gasteiger partial charge in [0.1, 0.15) is 11.5 Å². The highest BCUT2D eigenvalue weighted by Gasteiger charge is 2.26. The Kier molecular flexibility index (Phi) is 4.71. The molecule has 1 aliphatic carbocycles. The highest BCUT2D eigenvalue weighted by Crippen LogP contribution is 2.24. The molecule has 122 valence electrons. The van der Waals surface area contributed by atoms with Crippen LogP contribution >= 0.6 is 0 Å². The van der Waals surface area contributed by atoms with E-state index in [1.807, 2.05) is 0 Å². The first kappa shape index (κ1) is 15.7. The normalized spacial score (nSPS) is 21.1. The molecule has 2 atom stereocenters. The lowest BCUT2D eigenvalue weighted by Crippen LogP contribution is -2.43. The Balaban J connectivity index is 1.74. The van der Waals surface area contributed by atoms with Crippen LogP contribution in [0.3, 0.4) is 0 Å². The van der Waals surface area contributed by atoms with Gasteiger partial charge in [0.2, 0.25) is 0 Å². The van der Waals surface area contributed by atoms with E-state index >= 15 is 0 Å². The summed E-state index contributed by atoms with van der Waals surface area (Å²) in [5.74, 6) is -0.717. The van der Waals surface area contributed by atoms with Gasteiger partial charge in [-0.25, -0.2) is 9.07 Å². The average Bonchev–Trinajstić information content (AvgIpc) is 3.09. The van der Waals surface area contributed by atoms with Crippen LogP contribution in [-0.4, -0.2) is 33.4 Å². The van der Waals surface area contributed by atoms with Crippen molar-refractivity contribution in [2.75, 3.05) is 6.61 Å². The molecule has 5 nitrogen and oxygen atoms in total. The van der Waals surface area contributed by atoms with E-state index in [9.17, 15) is 14.3 Å². The monoisotopic (exact) mass is 317 g/mol. The maximum atomic E-state index is 14.2. The summed E-state index contributed by atoms with van der Waals surface area (Å²) in [5, 5.41) is 16.3. The third-order valence-corrected chi connectivity index (χ3v) is 4.42. The highest BCUT2D eigenvalue weighted by molar-refractivity contribution is 5.94. The number of halogens is 1. The van der Waals surface area contributed by atoms with Crippen LogP contribution in [0.1, 0.15) is 36.0 Å². The number of nitrogens with zero attached hydrogens (tertiary/aromatic N) is 2. The van der Waals surface area contributed by atoms with Gasteiger partial charge in [0.05, 0.1) is 0 Å². The first-order valence-electron chi connectivity index (χ1n) is 7.90. The molecule has 0 spiro atoms. The molecule has 0 aliphatic heterocycles. The molecule has 1 heterocycles. The van der Waals surface area contributed by atoms with E-state index in [4.69, 9.17) is 0 Å². The second-order valence-electron chi connectivity index (χ2n) is 5.92. The van der Waals surface area contributed by atoms with Gasteiger partial charge in [0.15, 0.2) is 0 Å². The number of hydrogen-bond donors (Lipinski definition) is 2. The second-order valence-corrected chi connectivity index (χ2v) is 5.92. The standard InChI is InChI=1S/C17H20FN3O2/c18-14-10-12(6-7-16(14)21-9-3-8-19-21)17(23)20-15-5-2-1-4-13(15)11-22/h3,6-10,13,15,22H,1-2,4-5,11H2,(H,20,23). The maximum absolute atomic E-state index is 14.2. The summed E-state index contributed by atoms with van der Waals surface area (Å²) in [5.41, 5.74) is 0.582. The molecule has 1 saturated carbocycles. The zero-order valence-corrected chi connectivity index (χ0v) is 12.8. The minimum absolute atomic E-state index is 0.0462. The van der Waals surface area contributed by atoms with Crippen LogP contribution in [0.15, 0.2) is 36.7 Å². The molecule has 1 aromatic carbocycles. The average molecular weight is 317 g/mol. The molecule has 2 N–H and O–H groups in total. The van der Waals surface area contributed by atoms with Crippen molar-refractivity contribution in [3.63, 3.8) is 0 Å². The minimum Gasteiger partial charge on any atom is -0.396 e. The minimum atomic E-state index is -0.497. The fraction of sp³-hybridized carbons (Fsp3) is 0.412. The molecule has 1 aliphatic rings. The fourth-order valence-electron chi connectivity index (χ4n) is 3.11. The van der Waals surface area contributed by atoms with E-state index in [0.717, 1.165) is 25.7 Å². The lowest BCUT2D eigenvalue weighted by atomic mass is 9.85. The Bertz CT molecular complexity index is 672. The Morgan fingerprint density at radius 2 is 2.22 bits per heavy atom. The molecule has 1 aromatic heterocycles. The first-order valence-corrected chi connectivity index (χ1v) is 7.90. The Hall–Kier alpha value is -2.21. The third-order valence-electron chi connectivity index (χ3n) is 4.42. The van der Waals surface area contributed by atoms with Gasteiger partial charge < -0.3 is 10.4 Å². The number of aliphatic hydroxyl groups is 1. The Labute approximate surface area is 134 Å². The summed E-state index contributed by atoms with van der Waals surface area (Å²) in [6.45, 7) is 0.0670. The number of rotatable bonds is 4. The topological polar surface area (TPSA) is 67.2 Å². The molecule has 2 unspecified atom stereocenters. The largest absolute Gasteiger partial charge is 0.396 e. The van der Waals surface area contributed by atoms with Gasteiger partial charge in [-0.15, -0.1) is 0 Å². The highest BCUT2D eigenvalue weighted by atomic mass is 19.1. The van der Waals surface area contributed by atoms with Crippen LogP contribution < -0.4 is 5.32 Å². The SMILES string of the molecule is O=C(NC1CCCCC1CO)c1ccc(-n2cccn2)c(F)c1. The molecule has 0 saturated heterocycles. The van der Waals surface area contributed by atoms with Crippen LogP contribution in [0.4, 0.5) is 4.39 Å². The van der Waals surface area contributed by atoms with E-state index in [0.29, 0.717) is 5.69 Å². The van der Waals surface area contributed by atoms with E-state index < -0.39 is 5.82 Å². The molecule has 1 fully saturated rings. The van der Waals surface area contributed by atoms with E-state index in [-0.39, 0.29) is 30.0 Å². The van der Waals surface area contributed by atoms with Crippen LogP contribution in [0.2, 0.25) is 0 Å². The van der Waals surface area contributed by atoms with Gasteiger partial charge in [-0.05, 0) is 37.1 Å². The fourth-order valence-corrected chi connectivity index (χ4v) is 3.11. The molecule has 23 heavy (non-hydrogen) atoms. The summed E-state index contributed by atoms with van der Waals surface area (Å²) >= 11 is 0. The number of carbonyl (C=O) groups is 1. The van der Waals surface area contributed by atoms with Gasteiger partial charge in [0.25, 0.3) is 5.91 Å². The molecular formula is C17H20FN3O2. The Morgan fingerprint density at radius 1 is 1.39 bits per heavy atom. The van der Waals surface area contributed by atoms with Crippen molar-refractivity contribution in [3.8, 4) is 5.69 Å².